The maximum Gasteiger partial charge on any atom is 0.295 e. The Morgan fingerprint density at radius 3 is 2.74 bits per heavy atom. The largest absolute Gasteiger partial charge is 0.497 e. The molecule has 0 aliphatic carbocycles. The van der Waals surface area contributed by atoms with Crippen LogP contribution in [-0.2, 0) is 17.6 Å². The SMILES string of the molecule is COc1cccc(-c2nc(CSCCC(=O)Nc3c(C)n(C)n(-c4ccccc4)c3=O)cs2)c1. The van der Waals surface area contributed by atoms with Crippen LogP contribution < -0.4 is 15.6 Å². The van der Waals surface area contributed by atoms with E-state index in [1.807, 2.05) is 73.9 Å². The minimum atomic E-state index is -0.236. The Morgan fingerprint density at radius 1 is 1.18 bits per heavy atom. The molecule has 0 bridgehead atoms. The summed E-state index contributed by atoms with van der Waals surface area (Å²) < 4.78 is 8.60. The fourth-order valence-corrected chi connectivity index (χ4v) is 5.27. The fraction of sp³-hybridized carbons (Fsp3) is 0.240. The first-order valence-corrected chi connectivity index (χ1v) is 12.8. The minimum absolute atomic E-state index is 0.172. The van der Waals surface area contributed by atoms with E-state index in [-0.39, 0.29) is 11.5 Å². The molecule has 0 aliphatic rings. The van der Waals surface area contributed by atoms with Gasteiger partial charge >= 0.3 is 0 Å². The monoisotopic (exact) mass is 494 g/mol. The van der Waals surface area contributed by atoms with E-state index < -0.39 is 0 Å². The van der Waals surface area contributed by atoms with Crippen molar-refractivity contribution in [3.05, 3.63) is 81.7 Å². The van der Waals surface area contributed by atoms with Gasteiger partial charge in [-0.15, -0.1) is 11.3 Å². The number of hydrogen-bond donors (Lipinski definition) is 1. The van der Waals surface area contributed by atoms with Gasteiger partial charge in [0, 0.05) is 35.9 Å². The summed E-state index contributed by atoms with van der Waals surface area (Å²) in [6, 6.07) is 17.2. The molecule has 176 valence electrons. The van der Waals surface area contributed by atoms with Crippen LogP contribution in [-0.4, -0.2) is 33.1 Å². The summed E-state index contributed by atoms with van der Waals surface area (Å²) in [5.41, 5.74) is 3.56. The number of nitrogens with zero attached hydrogens (tertiary/aromatic N) is 3. The molecule has 0 fully saturated rings. The Labute approximate surface area is 206 Å². The van der Waals surface area contributed by atoms with Gasteiger partial charge in [-0.25, -0.2) is 9.67 Å². The van der Waals surface area contributed by atoms with E-state index in [1.165, 1.54) is 0 Å². The molecule has 0 saturated carbocycles. The lowest BCUT2D eigenvalue weighted by Gasteiger charge is -2.07. The number of amides is 1. The van der Waals surface area contributed by atoms with Gasteiger partial charge in [0.15, 0.2) is 0 Å². The second-order valence-electron chi connectivity index (χ2n) is 7.66. The quantitative estimate of drug-likeness (QED) is 0.336. The minimum Gasteiger partial charge on any atom is -0.497 e. The van der Waals surface area contributed by atoms with Crippen molar-refractivity contribution in [3.8, 4) is 22.0 Å². The highest BCUT2D eigenvalue weighted by atomic mass is 32.2. The Hall–Kier alpha value is -3.30. The third-order valence-corrected chi connectivity index (χ3v) is 7.34. The summed E-state index contributed by atoms with van der Waals surface area (Å²) in [5.74, 6) is 1.99. The van der Waals surface area contributed by atoms with Gasteiger partial charge < -0.3 is 10.1 Å². The topological polar surface area (TPSA) is 78.2 Å². The predicted octanol–water partition coefficient (Wildman–Crippen LogP) is 4.88. The molecule has 4 rings (SSSR count). The van der Waals surface area contributed by atoms with E-state index in [0.717, 1.165) is 33.5 Å². The molecular formula is C25H26N4O3S2. The number of carbonyl (C=O) groups is 1. The standard InChI is InChI=1S/C25H26N4O3S2/c1-17-23(25(31)29(28(17)2)20-9-5-4-6-10-20)27-22(30)12-13-33-15-19-16-34-24(26-19)18-8-7-11-21(14-18)32-3/h4-11,14,16H,12-13,15H2,1-3H3,(H,27,30). The molecule has 0 saturated heterocycles. The predicted molar refractivity (Wildman–Crippen MR) is 139 cm³/mol. The molecule has 0 aliphatic heterocycles. The maximum absolute atomic E-state index is 12.9. The molecule has 9 heteroatoms. The van der Waals surface area contributed by atoms with Gasteiger partial charge in [0.2, 0.25) is 5.91 Å². The van der Waals surface area contributed by atoms with Crippen molar-refractivity contribution in [2.75, 3.05) is 18.2 Å². The molecule has 34 heavy (non-hydrogen) atoms. The third-order valence-electron chi connectivity index (χ3n) is 5.41. The van der Waals surface area contributed by atoms with Crippen molar-refractivity contribution < 1.29 is 9.53 Å². The van der Waals surface area contributed by atoms with Crippen LogP contribution >= 0.6 is 23.1 Å². The molecule has 7 nitrogen and oxygen atoms in total. The molecule has 2 aromatic carbocycles. The van der Waals surface area contributed by atoms with Crippen LogP contribution in [0.25, 0.3) is 16.3 Å². The molecular weight excluding hydrogens is 468 g/mol. The number of ether oxygens (including phenoxy) is 1. The number of thioether (sulfide) groups is 1. The number of nitrogens with one attached hydrogen (secondary N) is 1. The van der Waals surface area contributed by atoms with Crippen LogP contribution in [0.5, 0.6) is 5.75 Å². The zero-order valence-corrected chi connectivity index (χ0v) is 20.9. The van der Waals surface area contributed by atoms with E-state index >= 15 is 0 Å². The third kappa shape index (κ3) is 5.26. The highest BCUT2D eigenvalue weighted by molar-refractivity contribution is 7.98. The van der Waals surface area contributed by atoms with Crippen LogP contribution in [0.1, 0.15) is 17.8 Å². The first-order chi connectivity index (χ1) is 16.5. The number of methoxy groups -OCH3 is 1. The van der Waals surface area contributed by atoms with Gasteiger partial charge in [-0.3, -0.25) is 14.3 Å². The van der Waals surface area contributed by atoms with Crippen molar-refractivity contribution in [2.45, 2.75) is 19.1 Å². The molecule has 0 spiro atoms. The lowest BCUT2D eigenvalue weighted by Crippen LogP contribution is -2.23. The van der Waals surface area contributed by atoms with Crippen LogP contribution in [0.2, 0.25) is 0 Å². The van der Waals surface area contributed by atoms with E-state index in [0.29, 0.717) is 23.6 Å². The fourth-order valence-electron chi connectivity index (χ4n) is 3.52. The summed E-state index contributed by atoms with van der Waals surface area (Å²) in [4.78, 5) is 30.2. The van der Waals surface area contributed by atoms with Crippen LogP contribution in [0, 0.1) is 6.92 Å². The lowest BCUT2D eigenvalue weighted by atomic mass is 10.2. The molecule has 0 unspecified atom stereocenters. The summed E-state index contributed by atoms with van der Waals surface area (Å²) in [5, 5.41) is 5.80. The Morgan fingerprint density at radius 2 is 1.97 bits per heavy atom. The van der Waals surface area contributed by atoms with Gasteiger partial charge in [-0.2, -0.15) is 11.8 Å². The molecule has 2 aromatic heterocycles. The number of benzene rings is 2. The Bertz CT molecular complexity index is 1340. The molecule has 0 radical (unpaired) electrons. The zero-order valence-electron chi connectivity index (χ0n) is 19.3. The lowest BCUT2D eigenvalue weighted by molar-refractivity contribution is -0.115. The van der Waals surface area contributed by atoms with Crippen molar-refractivity contribution in [1.29, 1.82) is 0 Å². The molecule has 4 aromatic rings. The van der Waals surface area contributed by atoms with E-state index in [4.69, 9.17) is 9.72 Å². The van der Waals surface area contributed by atoms with E-state index in [2.05, 4.69) is 5.32 Å². The number of hydrogen-bond acceptors (Lipinski definition) is 6. The van der Waals surface area contributed by atoms with Crippen LogP contribution in [0.4, 0.5) is 5.69 Å². The molecule has 2 heterocycles. The van der Waals surface area contributed by atoms with E-state index in [9.17, 15) is 9.59 Å². The Kier molecular flexibility index (Phi) is 7.54. The average Bonchev–Trinajstić information content (AvgIpc) is 3.41. The van der Waals surface area contributed by atoms with Crippen molar-refractivity contribution in [1.82, 2.24) is 14.3 Å². The smallest absolute Gasteiger partial charge is 0.295 e. The van der Waals surface area contributed by atoms with Gasteiger partial charge in [0.05, 0.1) is 24.2 Å². The zero-order chi connectivity index (χ0) is 24.1. The van der Waals surface area contributed by atoms with Gasteiger partial charge in [0.25, 0.3) is 5.56 Å². The highest BCUT2D eigenvalue weighted by Crippen LogP contribution is 2.28. The van der Waals surface area contributed by atoms with Crippen LogP contribution in [0.15, 0.2) is 64.8 Å². The second-order valence-corrected chi connectivity index (χ2v) is 9.63. The first kappa shape index (κ1) is 23.8. The number of rotatable bonds is 9. The number of thiazole rings is 1. The molecule has 1 N–H and O–H groups in total. The highest BCUT2D eigenvalue weighted by Gasteiger charge is 2.18. The summed E-state index contributed by atoms with van der Waals surface area (Å²) in [6.07, 6.45) is 0.316. The summed E-state index contributed by atoms with van der Waals surface area (Å²) >= 11 is 3.24. The summed E-state index contributed by atoms with van der Waals surface area (Å²) in [6.45, 7) is 1.83. The average molecular weight is 495 g/mol. The van der Waals surface area contributed by atoms with Gasteiger partial charge in [-0.05, 0) is 31.2 Å². The normalized spacial score (nSPS) is 10.9. The molecule has 1 amide bonds. The van der Waals surface area contributed by atoms with Crippen LogP contribution in [0.3, 0.4) is 0 Å². The maximum atomic E-state index is 12.9. The molecule has 0 atom stereocenters. The van der Waals surface area contributed by atoms with Gasteiger partial charge in [-0.1, -0.05) is 30.3 Å². The number of anilines is 1. The number of aromatic nitrogens is 3. The number of para-hydroxylation sites is 1. The van der Waals surface area contributed by atoms with Gasteiger partial charge in [0.1, 0.15) is 16.4 Å². The summed E-state index contributed by atoms with van der Waals surface area (Å²) in [7, 11) is 3.46. The first-order valence-electron chi connectivity index (χ1n) is 10.8. The number of carbonyl (C=O) groups excluding carboxylic acids is 1. The van der Waals surface area contributed by atoms with E-state index in [1.54, 1.807) is 39.6 Å². The van der Waals surface area contributed by atoms with Crippen molar-refractivity contribution >= 4 is 34.7 Å². The van der Waals surface area contributed by atoms with Crippen molar-refractivity contribution in [2.24, 2.45) is 7.05 Å². The van der Waals surface area contributed by atoms with Crippen molar-refractivity contribution in [3.63, 3.8) is 0 Å². The Balaban J connectivity index is 1.31. The second kappa shape index (κ2) is 10.8.